The van der Waals surface area contributed by atoms with Gasteiger partial charge in [-0.15, -0.1) is 0 Å². The molecule has 21 heavy (non-hydrogen) atoms. The molecule has 0 unspecified atom stereocenters. The number of amides is 1. The van der Waals surface area contributed by atoms with Gasteiger partial charge in [0.1, 0.15) is 5.60 Å². The van der Waals surface area contributed by atoms with Gasteiger partial charge in [-0.05, 0) is 38.8 Å². The van der Waals surface area contributed by atoms with Crippen molar-refractivity contribution in [2.45, 2.75) is 38.8 Å². The molecule has 2 rings (SSSR count). The van der Waals surface area contributed by atoms with Crippen molar-refractivity contribution in [1.82, 2.24) is 10.2 Å². The zero-order valence-corrected chi connectivity index (χ0v) is 13.6. The minimum atomic E-state index is -0.475. The standard InChI is InChI=1S/C16H23ClN2O2/c1-16(2,3)21-15(20)19-9-8-18-11-13(19)10-12-6-4-5-7-14(12)17/h4-7,13,18H,8-11H2,1-3H3/t13-/m0/s1. The fraction of sp³-hybridized carbons (Fsp3) is 0.562. The van der Waals surface area contributed by atoms with Crippen molar-refractivity contribution in [2.24, 2.45) is 0 Å². The van der Waals surface area contributed by atoms with Gasteiger partial charge >= 0.3 is 6.09 Å². The second-order valence-electron chi connectivity index (χ2n) is 6.33. The van der Waals surface area contributed by atoms with Gasteiger partial charge in [-0.25, -0.2) is 4.79 Å². The van der Waals surface area contributed by atoms with Crippen molar-refractivity contribution in [2.75, 3.05) is 19.6 Å². The fourth-order valence-corrected chi connectivity index (χ4v) is 2.63. The van der Waals surface area contributed by atoms with Crippen LogP contribution in [0.1, 0.15) is 26.3 Å². The van der Waals surface area contributed by atoms with Gasteiger partial charge in [0.15, 0.2) is 0 Å². The highest BCUT2D eigenvalue weighted by molar-refractivity contribution is 6.31. The lowest BCUT2D eigenvalue weighted by Gasteiger charge is -2.37. The van der Waals surface area contributed by atoms with Gasteiger partial charge in [0.25, 0.3) is 0 Å². The lowest BCUT2D eigenvalue weighted by atomic mass is 10.0. The van der Waals surface area contributed by atoms with E-state index in [2.05, 4.69) is 5.32 Å². The summed E-state index contributed by atoms with van der Waals surface area (Å²) in [5.74, 6) is 0. The highest BCUT2D eigenvalue weighted by atomic mass is 35.5. The van der Waals surface area contributed by atoms with Crippen LogP contribution < -0.4 is 5.32 Å². The molecule has 1 atom stereocenters. The maximum atomic E-state index is 12.3. The average molecular weight is 311 g/mol. The number of benzene rings is 1. The third-order valence-corrected chi connectivity index (χ3v) is 3.76. The molecular formula is C16H23ClN2O2. The number of nitrogens with zero attached hydrogens (tertiary/aromatic N) is 1. The summed E-state index contributed by atoms with van der Waals surface area (Å²) in [6, 6.07) is 7.83. The highest BCUT2D eigenvalue weighted by Crippen LogP contribution is 2.20. The van der Waals surface area contributed by atoms with E-state index in [-0.39, 0.29) is 12.1 Å². The largest absolute Gasteiger partial charge is 0.444 e. The van der Waals surface area contributed by atoms with E-state index < -0.39 is 5.60 Å². The van der Waals surface area contributed by atoms with Crippen LogP contribution >= 0.6 is 11.6 Å². The van der Waals surface area contributed by atoms with Crippen LogP contribution in [0, 0.1) is 0 Å². The van der Waals surface area contributed by atoms with Crippen LogP contribution in [0.25, 0.3) is 0 Å². The predicted molar refractivity (Wildman–Crippen MR) is 84.8 cm³/mol. The molecule has 1 aliphatic rings. The Hall–Kier alpha value is -1.26. The SMILES string of the molecule is CC(C)(C)OC(=O)N1CCNC[C@@H]1Cc1ccccc1Cl. The van der Waals surface area contributed by atoms with Crippen LogP contribution in [-0.4, -0.2) is 42.3 Å². The summed E-state index contributed by atoms with van der Waals surface area (Å²) >= 11 is 6.22. The topological polar surface area (TPSA) is 41.6 Å². The van der Waals surface area contributed by atoms with Crippen molar-refractivity contribution < 1.29 is 9.53 Å². The van der Waals surface area contributed by atoms with Gasteiger partial charge in [0.2, 0.25) is 0 Å². The zero-order valence-electron chi connectivity index (χ0n) is 12.9. The number of carbonyl (C=O) groups excluding carboxylic acids is 1. The van der Waals surface area contributed by atoms with Crippen LogP contribution in [0.4, 0.5) is 4.79 Å². The molecule has 1 saturated heterocycles. The van der Waals surface area contributed by atoms with E-state index in [4.69, 9.17) is 16.3 Å². The van der Waals surface area contributed by atoms with Gasteiger partial charge in [-0.3, -0.25) is 0 Å². The molecule has 116 valence electrons. The molecule has 0 spiro atoms. The molecule has 0 aromatic heterocycles. The Morgan fingerprint density at radius 3 is 2.81 bits per heavy atom. The minimum Gasteiger partial charge on any atom is -0.444 e. The Bertz CT molecular complexity index is 499. The van der Waals surface area contributed by atoms with E-state index in [1.54, 1.807) is 0 Å². The molecule has 0 bridgehead atoms. The van der Waals surface area contributed by atoms with Crippen LogP contribution in [0.2, 0.25) is 5.02 Å². The molecule has 1 aromatic carbocycles. The first-order chi connectivity index (χ1) is 9.87. The van der Waals surface area contributed by atoms with Crippen molar-refractivity contribution in [1.29, 1.82) is 0 Å². The van der Waals surface area contributed by atoms with Crippen LogP contribution in [-0.2, 0) is 11.2 Å². The van der Waals surface area contributed by atoms with Gasteiger partial charge in [0, 0.05) is 24.7 Å². The van der Waals surface area contributed by atoms with E-state index in [1.165, 1.54) is 0 Å². The molecule has 1 aromatic rings. The van der Waals surface area contributed by atoms with Crippen molar-refractivity contribution in [3.05, 3.63) is 34.9 Å². The summed E-state index contributed by atoms with van der Waals surface area (Å²) in [4.78, 5) is 14.2. The number of hydrogen-bond acceptors (Lipinski definition) is 3. The third kappa shape index (κ3) is 4.61. The third-order valence-electron chi connectivity index (χ3n) is 3.39. The number of ether oxygens (including phenoxy) is 1. The molecule has 0 saturated carbocycles. The summed E-state index contributed by atoms with van der Waals surface area (Å²) in [5.41, 5.74) is 0.582. The molecule has 0 aliphatic carbocycles. The summed E-state index contributed by atoms with van der Waals surface area (Å²) in [7, 11) is 0. The second-order valence-corrected chi connectivity index (χ2v) is 6.73. The maximum Gasteiger partial charge on any atom is 0.410 e. The summed E-state index contributed by atoms with van der Waals surface area (Å²) < 4.78 is 5.50. The number of piperazine rings is 1. The molecular weight excluding hydrogens is 288 g/mol. The Morgan fingerprint density at radius 2 is 2.14 bits per heavy atom. The Morgan fingerprint density at radius 1 is 1.43 bits per heavy atom. The van der Waals surface area contributed by atoms with Gasteiger partial charge in [-0.2, -0.15) is 0 Å². The summed E-state index contributed by atoms with van der Waals surface area (Å²) in [6.45, 7) is 7.86. The van der Waals surface area contributed by atoms with E-state index >= 15 is 0 Å². The van der Waals surface area contributed by atoms with Gasteiger partial charge < -0.3 is 15.0 Å². The quantitative estimate of drug-likeness (QED) is 0.912. The predicted octanol–water partition coefficient (Wildman–Crippen LogP) is 3.09. The molecule has 1 fully saturated rings. The van der Waals surface area contributed by atoms with Gasteiger partial charge in [-0.1, -0.05) is 29.8 Å². The van der Waals surface area contributed by atoms with E-state index in [0.717, 1.165) is 30.1 Å². The number of rotatable bonds is 2. The van der Waals surface area contributed by atoms with Gasteiger partial charge in [0.05, 0.1) is 6.04 Å². The van der Waals surface area contributed by atoms with Crippen molar-refractivity contribution in [3.8, 4) is 0 Å². The van der Waals surface area contributed by atoms with E-state index in [0.29, 0.717) is 6.54 Å². The van der Waals surface area contributed by atoms with Crippen molar-refractivity contribution >= 4 is 17.7 Å². The molecule has 1 N–H and O–H groups in total. The maximum absolute atomic E-state index is 12.3. The Balaban J connectivity index is 2.09. The molecule has 1 heterocycles. The molecule has 5 heteroatoms. The molecule has 1 aliphatic heterocycles. The van der Waals surface area contributed by atoms with Crippen molar-refractivity contribution in [3.63, 3.8) is 0 Å². The van der Waals surface area contributed by atoms with Crippen LogP contribution in [0.5, 0.6) is 0 Å². The fourth-order valence-electron chi connectivity index (χ4n) is 2.42. The van der Waals surface area contributed by atoms with E-state index in [9.17, 15) is 4.79 Å². The summed E-state index contributed by atoms with van der Waals surface area (Å²) in [5, 5.41) is 4.07. The zero-order chi connectivity index (χ0) is 15.5. The van der Waals surface area contributed by atoms with E-state index in [1.807, 2.05) is 49.9 Å². The first-order valence-electron chi connectivity index (χ1n) is 7.30. The second kappa shape index (κ2) is 6.67. The van der Waals surface area contributed by atoms with Crippen LogP contribution in [0.3, 0.4) is 0 Å². The number of halogens is 1. The summed E-state index contributed by atoms with van der Waals surface area (Å²) in [6.07, 6.45) is 0.479. The normalized spacial score (nSPS) is 19.4. The molecule has 4 nitrogen and oxygen atoms in total. The average Bonchev–Trinajstić information content (AvgIpc) is 2.40. The monoisotopic (exact) mass is 310 g/mol. The minimum absolute atomic E-state index is 0.0634. The Labute approximate surface area is 131 Å². The van der Waals surface area contributed by atoms with Crippen LogP contribution in [0.15, 0.2) is 24.3 Å². The molecule has 0 radical (unpaired) electrons. The first kappa shape index (κ1) is 16.1. The smallest absolute Gasteiger partial charge is 0.410 e. The first-order valence-corrected chi connectivity index (χ1v) is 7.68. The molecule has 1 amide bonds. The number of hydrogen-bond donors (Lipinski definition) is 1. The number of carbonyl (C=O) groups is 1. The Kier molecular flexibility index (Phi) is 5.12. The lowest BCUT2D eigenvalue weighted by Crippen LogP contribution is -2.55. The lowest BCUT2D eigenvalue weighted by molar-refractivity contribution is 0.0122. The number of nitrogens with one attached hydrogen (secondary N) is 1. The highest BCUT2D eigenvalue weighted by Gasteiger charge is 2.30.